The summed E-state index contributed by atoms with van der Waals surface area (Å²) in [5.41, 5.74) is 3.01. The van der Waals surface area contributed by atoms with Crippen molar-refractivity contribution in [2.45, 2.75) is 37.3 Å². The maximum Gasteiger partial charge on any atom is 0.242 e. The molecule has 25 heavy (non-hydrogen) atoms. The smallest absolute Gasteiger partial charge is 0.242 e. The second-order valence-electron chi connectivity index (χ2n) is 6.36. The molecule has 0 N–H and O–H groups in total. The van der Waals surface area contributed by atoms with Crippen molar-refractivity contribution in [1.29, 1.82) is 0 Å². The van der Waals surface area contributed by atoms with Crippen molar-refractivity contribution < 1.29 is 12.9 Å². The fourth-order valence-electron chi connectivity index (χ4n) is 2.44. The second-order valence-corrected chi connectivity index (χ2v) is 8.35. The molecule has 0 aliphatic rings. The number of nitrogens with zero attached hydrogens (tertiary/aromatic N) is 2. The summed E-state index contributed by atoms with van der Waals surface area (Å²) in [6, 6.07) is 14.6. The summed E-state index contributed by atoms with van der Waals surface area (Å²) < 4.78 is 30.2. The van der Waals surface area contributed by atoms with Crippen LogP contribution in [0.1, 0.15) is 36.8 Å². The van der Waals surface area contributed by atoms with Gasteiger partial charge in [-0.3, -0.25) is 0 Å². The van der Waals surface area contributed by atoms with Gasteiger partial charge < -0.3 is 4.52 Å². The van der Waals surface area contributed by atoms with Crippen molar-refractivity contribution in [3.63, 3.8) is 0 Å². The Hall–Kier alpha value is -2.47. The van der Waals surface area contributed by atoms with Crippen molar-refractivity contribution in [2.75, 3.05) is 0 Å². The maximum absolute atomic E-state index is 12.5. The minimum Gasteiger partial charge on any atom is -0.338 e. The number of hydrogen-bond donors (Lipinski definition) is 0. The minimum absolute atomic E-state index is 0.0866. The Balaban J connectivity index is 1.80. The van der Waals surface area contributed by atoms with Gasteiger partial charge in [-0.1, -0.05) is 61.0 Å². The summed E-state index contributed by atoms with van der Waals surface area (Å²) in [6.45, 7) is 6.12. The summed E-state index contributed by atoms with van der Waals surface area (Å²) in [7, 11) is -3.53. The number of benzene rings is 2. The van der Waals surface area contributed by atoms with Crippen LogP contribution in [0.15, 0.2) is 57.9 Å². The molecule has 0 amide bonds. The van der Waals surface area contributed by atoms with Gasteiger partial charge in [0, 0.05) is 5.56 Å². The van der Waals surface area contributed by atoms with Crippen LogP contribution in [0.4, 0.5) is 0 Å². The number of aryl methyl sites for hydroxylation is 1. The summed E-state index contributed by atoms with van der Waals surface area (Å²) in [5, 5.41) is 3.88. The molecule has 5 nitrogen and oxygen atoms in total. The summed E-state index contributed by atoms with van der Waals surface area (Å²) in [5.74, 6) is 0.515. The fourth-order valence-corrected chi connectivity index (χ4v) is 3.60. The van der Waals surface area contributed by atoms with Crippen LogP contribution in [-0.4, -0.2) is 18.6 Å². The highest BCUT2D eigenvalue weighted by Crippen LogP contribution is 2.22. The number of hydrogen-bond acceptors (Lipinski definition) is 5. The quantitative estimate of drug-likeness (QED) is 0.687. The normalized spacial score (nSPS) is 11.8. The lowest BCUT2D eigenvalue weighted by atomic mass is 10.0. The summed E-state index contributed by atoms with van der Waals surface area (Å²) >= 11 is 0. The molecule has 1 heterocycles. The van der Waals surface area contributed by atoms with Crippen LogP contribution in [0.3, 0.4) is 0 Å². The Morgan fingerprint density at radius 1 is 1.00 bits per heavy atom. The van der Waals surface area contributed by atoms with Gasteiger partial charge in [-0.2, -0.15) is 4.98 Å². The van der Waals surface area contributed by atoms with E-state index in [0.29, 0.717) is 11.7 Å². The van der Waals surface area contributed by atoms with E-state index >= 15 is 0 Å². The van der Waals surface area contributed by atoms with Gasteiger partial charge in [0.05, 0.1) is 4.90 Å². The minimum atomic E-state index is -3.53. The lowest BCUT2D eigenvalue weighted by Gasteiger charge is -2.06. The van der Waals surface area contributed by atoms with Gasteiger partial charge >= 0.3 is 0 Å². The molecule has 3 rings (SSSR count). The standard InChI is InChI=1S/C19H20N2O3S/c1-13(2)15-8-10-17(11-9-15)25(22,23)12-18-20-19(21-24-18)16-6-4-14(3)5-7-16/h4-11,13H,12H2,1-3H3. The predicted molar refractivity (Wildman–Crippen MR) is 95.9 cm³/mol. The van der Waals surface area contributed by atoms with E-state index in [1.165, 1.54) is 0 Å². The molecule has 0 aliphatic carbocycles. The van der Waals surface area contributed by atoms with E-state index in [0.717, 1.165) is 16.7 Å². The highest BCUT2D eigenvalue weighted by molar-refractivity contribution is 7.90. The van der Waals surface area contributed by atoms with Crippen molar-refractivity contribution in [2.24, 2.45) is 0 Å². The van der Waals surface area contributed by atoms with E-state index in [2.05, 4.69) is 24.0 Å². The predicted octanol–water partition coefficient (Wildman–Crippen LogP) is 4.14. The Morgan fingerprint density at radius 3 is 2.24 bits per heavy atom. The Labute approximate surface area is 147 Å². The molecule has 0 unspecified atom stereocenters. The summed E-state index contributed by atoms with van der Waals surface area (Å²) in [6.07, 6.45) is 0. The van der Waals surface area contributed by atoms with Crippen molar-refractivity contribution in [3.8, 4) is 11.4 Å². The van der Waals surface area contributed by atoms with E-state index in [9.17, 15) is 8.42 Å². The van der Waals surface area contributed by atoms with Gasteiger partial charge in [-0.05, 0) is 30.5 Å². The molecule has 0 saturated heterocycles. The monoisotopic (exact) mass is 356 g/mol. The Kier molecular flexibility index (Phi) is 4.72. The third-order valence-corrected chi connectivity index (χ3v) is 5.61. The van der Waals surface area contributed by atoms with Crippen LogP contribution in [0.2, 0.25) is 0 Å². The first kappa shape index (κ1) is 17.4. The highest BCUT2D eigenvalue weighted by atomic mass is 32.2. The second kappa shape index (κ2) is 6.80. The van der Waals surface area contributed by atoms with Crippen molar-refractivity contribution in [1.82, 2.24) is 10.1 Å². The molecule has 0 bridgehead atoms. The van der Waals surface area contributed by atoms with Crippen LogP contribution in [0, 0.1) is 6.92 Å². The average Bonchev–Trinajstić information content (AvgIpc) is 3.03. The highest BCUT2D eigenvalue weighted by Gasteiger charge is 2.20. The molecule has 0 saturated carbocycles. The molecule has 2 aromatic carbocycles. The Morgan fingerprint density at radius 2 is 1.64 bits per heavy atom. The third kappa shape index (κ3) is 3.96. The average molecular weight is 356 g/mol. The van der Waals surface area contributed by atoms with Gasteiger partial charge in [0.15, 0.2) is 9.84 Å². The van der Waals surface area contributed by atoms with Crippen LogP contribution in [0.25, 0.3) is 11.4 Å². The van der Waals surface area contributed by atoms with E-state index in [4.69, 9.17) is 4.52 Å². The lowest BCUT2D eigenvalue weighted by Crippen LogP contribution is -2.05. The van der Waals surface area contributed by atoms with E-state index in [1.807, 2.05) is 43.3 Å². The van der Waals surface area contributed by atoms with Crippen LogP contribution in [0.5, 0.6) is 0 Å². The molecule has 0 fully saturated rings. The van der Waals surface area contributed by atoms with Crippen LogP contribution >= 0.6 is 0 Å². The first-order valence-electron chi connectivity index (χ1n) is 8.07. The SMILES string of the molecule is Cc1ccc(-c2noc(CS(=O)(=O)c3ccc(C(C)C)cc3)n2)cc1. The van der Waals surface area contributed by atoms with Crippen LogP contribution < -0.4 is 0 Å². The van der Waals surface area contributed by atoms with Gasteiger partial charge in [0.2, 0.25) is 11.7 Å². The molecule has 6 heteroatoms. The van der Waals surface area contributed by atoms with Gasteiger partial charge in [0.1, 0.15) is 5.75 Å². The first-order valence-corrected chi connectivity index (χ1v) is 9.73. The molecule has 130 valence electrons. The molecule has 1 aromatic heterocycles. The lowest BCUT2D eigenvalue weighted by molar-refractivity contribution is 0.389. The molecule has 0 spiro atoms. The first-order chi connectivity index (χ1) is 11.8. The van der Waals surface area contributed by atoms with E-state index in [-0.39, 0.29) is 16.5 Å². The largest absolute Gasteiger partial charge is 0.338 e. The number of rotatable bonds is 5. The van der Waals surface area contributed by atoms with Gasteiger partial charge in [-0.15, -0.1) is 0 Å². The third-order valence-electron chi connectivity index (χ3n) is 4.00. The van der Waals surface area contributed by atoms with Gasteiger partial charge in [-0.25, -0.2) is 8.42 Å². The number of aromatic nitrogens is 2. The molecule has 0 atom stereocenters. The molecular formula is C19H20N2O3S. The van der Waals surface area contributed by atoms with E-state index < -0.39 is 9.84 Å². The zero-order valence-electron chi connectivity index (χ0n) is 14.4. The van der Waals surface area contributed by atoms with Crippen molar-refractivity contribution >= 4 is 9.84 Å². The zero-order valence-corrected chi connectivity index (χ0v) is 15.2. The fraction of sp³-hybridized carbons (Fsp3) is 0.263. The molecule has 0 radical (unpaired) electrons. The van der Waals surface area contributed by atoms with Crippen molar-refractivity contribution in [3.05, 3.63) is 65.5 Å². The molecule has 0 aliphatic heterocycles. The van der Waals surface area contributed by atoms with Gasteiger partial charge in [0.25, 0.3) is 0 Å². The molecule has 3 aromatic rings. The molecular weight excluding hydrogens is 336 g/mol. The zero-order chi connectivity index (χ0) is 18.0. The topological polar surface area (TPSA) is 73.1 Å². The van der Waals surface area contributed by atoms with Crippen LogP contribution in [-0.2, 0) is 15.6 Å². The van der Waals surface area contributed by atoms with E-state index in [1.54, 1.807) is 12.1 Å². The number of sulfone groups is 1. The Bertz CT molecular complexity index is 957. The maximum atomic E-state index is 12.5. The summed E-state index contributed by atoms with van der Waals surface area (Å²) in [4.78, 5) is 4.47.